The fraction of sp³-hybridized carbons (Fsp3) is 0.417. The zero-order valence-corrected chi connectivity index (χ0v) is 12.7. The Morgan fingerprint density at radius 1 is 1.67 bits per heavy atom. The normalized spacial score (nSPS) is 17.9. The number of amides is 1. The van der Waals surface area contributed by atoms with E-state index in [-0.39, 0.29) is 28.9 Å². The number of hydrogen-bond donors (Lipinski definition) is 0. The van der Waals surface area contributed by atoms with E-state index >= 15 is 0 Å². The number of halogens is 1. The number of hydrogen-bond acceptors (Lipinski definition) is 6. The van der Waals surface area contributed by atoms with Crippen LogP contribution in [0.1, 0.15) is 16.8 Å². The number of nitrogens with zero attached hydrogens (tertiary/aromatic N) is 3. The highest BCUT2D eigenvalue weighted by molar-refractivity contribution is 9.09. The molecule has 1 atom stereocenters. The Labute approximate surface area is 128 Å². The van der Waals surface area contributed by atoms with Gasteiger partial charge in [0.05, 0.1) is 17.6 Å². The summed E-state index contributed by atoms with van der Waals surface area (Å²) in [5, 5.41) is 11.8. The number of pyridine rings is 1. The number of carbonyl (C=O) groups excluding carboxylic acids is 2. The molecule has 1 aliphatic heterocycles. The van der Waals surface area contributed by atoms with Crippen LogP contribution in [0.25, 0.3) is 0 Å². The third kappa shape index (κ3) is 3.02. The Kier molecular flexibility index (Phi) is 4.51. The minimum Gasteiger partial charge on any atom is -0.465 e. The Hall–Kier alpha value is -2.03. The van der Waals surface area contributed by atoms with Crippen LogP contribution < -0.4 is 4.90 Å². The predicted octanol–water partition coefficient (Wildman–Crippen LogP) is 1.52. The number of anilines is 1. The lowest BCUT2D eigenvalue weighted by Crippen LogP contribution is -2.26. The maximum atomic E-state index is 11.9. The molecule has 21 heavy (non-hydrogen) atoms. The summed E-state index contributed by atoms with van der Waals surface area (Å²) in [5.41, 5.74) is -0.418. The fourth-order valence-electron chi connectivity index (χ4n) is 2.11. The van der Waals surface area contributed by atoms with Gasteiger partial charge in [0.1, 0.15) is 0 Å². The van der Waals surface area contributed by atoms with Crippen LogP contribution in [-0.2, 0) is 9.53 Å². The van der Waals surface area contributed by atoms with E-state index in [1.165, 1.54) is 18.2 Å². The first-order chi connectivity index (χ1) is 9.97. The van der Waals surface area contributed by atoms with Gasteiger partial charge in [-0.1, -0.05) is 15.9 Å². The molecule has 9 heteroatoms. The minimum atomic E-state index is -0.719. The molecule has 0 aliphatic carbocycles. The smallest absolute Gasteiger partial charge is 0.339 e. The van der Waals surface area contributed by atoms with Gasteiger partial charge in [-0.3, -0.25) is 19.8 Å². The van der Waals surface area contributed by atoms with E-state index in [2.05, 4.69) is 25.7 Å². The Morgan fingerprint density at radius 2 is 2.38 bits per heavy atom. The molecule has 2 rings (SSSR count). The van der Waals surface area contributed by atoms with Crippen molar-refractivity contribution in [1.29, 1.82) is 0 Å². The molecule has 1 unspecified atom stereocenters. The van der Waals surface area contributed by atoms with E-state index < -0.39 is 10.9 Å². The van der Waals surface area contributed by atoms with Gasteiger partial charge in [0.2, 0.25) is 11.7 Å². The molecule has 8 nitrogen and oxygen atoms in total. The quantitative estimate of drug-likeness (QED) is 0.350. The summed E-state index contributed by atoms with van der Waals surface area (Å²) >= 11 is 3.30. The Bertz CT molecular complexity index is 607. The number of ether oxygens (including phenoxy) is 1. The molecule has 2 heterocycles. The van der Waals surface area contributed by atoms with Crippen LogP contribution in [0.5, 0.6) is 0 Å². The Balaban J connectivity index is 2.42. The van der Waals surface area contributed by atoms with Crippen LogP contribution in [0.2, 0.25) is 0 Å². The zero-order valence-electron chi connectivity index (χ0n) is 11.1. The highest BCUT2D eigenvalue weighted by Gasteiger charge is 2.35. The number of nitro groups is 1. The standard InChI is InChI=1S/C12H12BrN3O5/c1-21-12(18)8-3-9(16(19)20)11(14-5-8)15-6-7(4-13)2-10(15)17/h3,5,7H,2,4,6H2,1H3. The largest absolute Gasteiger partial charge is 0.465 e. The van der Waals surface area contributed by atoms with Gasteiger partial charge in [0, 0.05) is 30.6 Å². The molecule has 1 amide bonds. The summed E-state index contributed by atoms with van der Waals surface area (Å²) in [6, 6.07) is 1.07. The summed E-state index contributed by atoms with van der Waals surface area (Å²) in [7, 11) is 1.17. The molecule has 0 saturated carbocycles. The maximum absolute atomic E-state index is 11.9. The summed E-state index contributed by atoms with van der Waals surface area (Å²) in [4.78, 5) is 39.1. The average Bonchev–Trinajstić information content (AvgIpc) is 2.86. The molecule has 1 saturated heterocycles. The second kappa shape index (κ2) is 6.17. The van der Waals surface area contributed by atoms with Crippen LogP contribution in [0, 0.1) is 16.0 Å². The van der Waals surface area contributed by atoms with Crippen molar-refractivity contribution in [2.75, 3.05) is 23.9 Å². The van der Waals surface area contributed by atoms with Gasteiger partial charge in [-0.15, -0.1) is 0 Å². The number of methoxy groups -OCH3 is 1. The summed E-state index contributed by atoms with van der Waals surface area (Å²) in [5.74, 6) is -0.899. The van der Waals surface area contributed by atoms with Crippen LogP contribution in [0.3, 0.4) is 0 Å². The number of carbonyl (C=O) groups is 2. The van der Waals surface area contributed by atoms with Gasteiger partial charge in [-0.05, 0) is 5.92 Å². The molecule has 0 spiro atoms. The first kappa shape index (κ1) is 15.4. The van der Waals surface area contributed by atoms with Crippen LogP contribution in [0.4, 0.5) is 11.5 Å². The molecule has 1 fully saturated rings. The molecule has 1 aliphatic rings. The van der Waals surface area contributed by atoms with Gasteiger partial charge < -0.3 is 4.74 Å². The fourth-order valence-corrected chi connectivity index (χ4v) is 2.54. The summed E-state index contributed by atoms with van der Waals surface area (Å²) in [6.45, 7) is 0.357. The highest BCUT2D eigenvalue weighted by atomic mass is 79.9. The maximum Gasteiger partial charge on any atom is 0.339 e. The van der Waals surface area contributed by atoms with Gasteiger partial charge in [-0.25, -0.2) is 9.78 Å². The van der Waals surface area contributed by atoms with Crippen molar-refractivity contribution >= 4 is 39.3 Å². The van der Waals surface area contributed by atoms with Gasteiger partial charge in [0.25, 0.3) is 0 Å². The lowest BCUT2D eigenvalue weighted by Gasteiger charge is -2.15. The van der Waals surface area contributed by atoms with Crippen molar-refractivity contribution in [2.45, 2.75) is 6.42 Å². The lowest BCUT2D eigenvalue weighted by molar-refractivity contribution is -0.384. The molecule has 1 aromatic rings. The van der Waals surface area contributed by atoms with Crippen molar-refractivity contribution in [3.8, 4) is 0 Å². The molecular weight excluding hydrogens is 346 g/mol. The van der Waals surface area contributed by atoms with E-state index in [4.69, 9.17) is 0 Å². The second-order valence-corrected chi connectivity index (χ2v) is 5.19. The van der Waals surface area contributed by atoms with Crippen molar-refractivity contribution in [2.24, 2.45) is 5.92 Å². The van der Waals surface area contributed by atoms with E-state index in [9.17, 15) is 19.7 Å². The molecule has 1 aromatic heterocycles. The molecule has 0 bridgehead atoms. The van der Waals surface area contributed by atoms with Crippen LogP contribution in [-0.4, -0.2) is 40.8 Å². The monoisotopic (exact) mass is 357 g/mol. The molecular formula is C12H12BrN3O5. The molecule has 0 N–H and O–H groups in total. The van der Waals surface area contributed by atoms with Gasteiger partial charge >= 0.3 is 11.7 Å². The van der Waals surface area contributed by atoms with Crippen LogP contribution in [0.15, 0.2) is 12.3 Å². The number of rotatable bonds is 4. The third-order valence-corrected chi connectivity index (χ3v) is 4.06. The topological polar surface area (TPSA) is 103 Å². The van der Waals surface area contributed by atoms with Gasteiger partial charge in [-0.2, -0.15) is 0 Å². The van der Waals surface area contributed by atoms with Crippen molar-refractivity contribution in [3.05, 3.63) is 27.9 Å². The SMILES string of the molecule is COC(=O)c1cnc(N2CC(CBr)CC2=O)c([N+](=O)[O-])c1. The molecule has 0 aromatic carbocycles. The van der Waals surface area contributed by atoms with Crippen molar-refractivity contribution < 1.29 is 19.2 Å². The summed E-state index contributed by atoms with van der Waals surface area (Å²) in [6.07, 6.45) is 1.48. The number of alkyl halides is 1. The number of aromatic nitrogens is 1. The zero-order chi connectivity index (χ0) is 15.6. The first-order valence-electron chi connectivity index (χ1n) is 6.07. The van der Waals surface area contributed by atoms with E-state index in [1.54, 1.807) is 0 Å². The second-order valence-electron chi connectivity index (χ2n) is 4.54. The minimum absolute atomic E-state index is 0.0309. The van der Waals surface area contributed by atoms with E-state index in [1.807, 2.05) is 0 Å². The number of esters is 1. The van der Waals surface area contributed by atoms with E-state index in [0.29, 0.717) is 18.3 Å². The highest BCUT2D eigenvalue weighted by Crippen LogP contribution is 2.32. The molecule has 0 radical (unpaired) electrons. The third-order valence-electron chi connectivity index (χ3n) is 3.14. The predicted molar refractivity (Wildman–Crippen MR) is 76.5 cm³/mol. The van der Waals surface area contributed by atoms with Crippen molar-refractivity contribution in [1.82, 2.24) is 4.98 Å². The van der Waals surface area contributed by atoms with Crippen molar-refractivity contribution in [3.63, 3.8) is 0 Å². The molecule has 112 valence electrons. The average molecular weight is 358 g/mol. The Morgan fingerprint density at radius 3 is 2.90 bits per heavy atom. The van der Waals surface area contributed by atoms with E-state index in [0.717, 1.165) is 6.07 Å². The van der Waals surface area contributed by atoms with Gasteiger partial charge in [0.15, 0.2) is 0 Å². The lowest BCUT2D eigenvalue weighted by atomic mass is 10.2. The summed E-state index contributed by atoms with van der Waals surface area (Å²) < 4.78 is 4.50. The first-order valence-corrected chi connectivity index (χ1v) is 7.19. The van der Waals surface area contributed by atoms with Crippen LogP contribution >= 0.6 is 15.9 Å².